The first-order chi connectivity index (χ1) is 4.33. The molecule has 0 aliphatic rings. The van der Waals surface area contributed by atoms with Crippen LogP contribution in [0.25, 0.3) is 0 Å². The predicted molar refractivity (Wildman–Crippen MR) is 33.0 cm³/mol. The Kier molecular flexibility index (Phi) is 1.58. The monoisotopic (exact) mass is 122 g/mol. The normalized spacial score (nSPS) is 9.00. The molecule has 0 unspecified atom stereocenters. The maximum absolute atomic E-state index is 10.1. The second-order valence-corrected chi connectivity index (χ2v) is 1.92. The van der Waals surface area contributed by atoms with Crippen LogP contribution in [0.3, 0.4) is 0 Å². The van der Waals surface area contributed by atoms with E-state index in [9.17, 15) is 4.79 Å². The molecular formula is C7H8NO+. The summed E-state index contributed by atoms with van der Waals surface area (Å²) < 4.78 is 1.84. The van der Waals surface area contributed by atoms with Crippen molar-refractivity contribution in [1.82, 2.24) is 0 Å². The number of carbonyl (C=O) groups is 1. The number of hydrogen-bond donors (Lipinski definition) is 0. The molecule has 0 fully saturated rings. The van der Waals surface area contributed by atoms with Crippen molar-refractivity contribution in [3.8, 4) is 0 Å². The maximum atomic E-state index is 10.1. The van der Waals surface area contributed by atoms with Gasteiger partial charge in [-0.05, 0) is 6.07 Å². The zero-order valence-corrected chi connectivity index (χ0v) is 5.24. The summed E-state index contributed by atoms with van der Waals surface area (Å²) in [5.41, 5.74) is 0.708. The molecule has 1 heterocycles. The second kappa shape index (κ2) is 2.40. The molecule has 0 aliphatic heterocycles. The summed E-state index contributed by atoms with van der Waals surface area (Å²) in [5.74, 6) is 0. The number of nitrogens with zero attached hydrogens (tertiary/aromatic N) is 1. The molecule has 1 rings (SSSR count). The second-order valence-electron chi connectivity index (χ2n) is 1.92. The van der Waals surface area contributed by atoms with Crippen molar-refractivity contribution in [2.45, 2.75) is 0 Å². The number of carbonyl (C=O) groups excluding carboxylic acids is 1. The molecule has 1 aromatic rings. The number of aromatic nitrogens is 1. The van der Waals surface area contributed by atoms with E-state index in [0.717, 1.165) is 6.29 Å². The highest BCUT2D eigenvalue weighted by molar-refractivity contribution is 5.73. The number of hydrogen-bond acceptors (Lipinski definition) is 1. The summed E-state index contributed by atoms with van der Waals surface area (Å²) in [5, 5.41) is 0. The van der Waals surface area contributed by atoms with E-state index in [1.54, 1.807) is 12.3 Å². The van der Waals surface area contributed by atoms with Gasteiger partial charge in [-0.3, -0.25) is 4.79 Å². The lowest BCUT2D eigenvalue weighted by Gasteiger charge is -1.84. The molecule has 0 aromatic carbocycles. The van der Waals surface area contributed by atoms with E-state index in [1.807, 2.05) is 23.9 Å². The van der Waals surface area contributed by atoms with E-state index >= 15 is 0 Å². The van der Waals surface area contributed by atoms with Gasteiger partial charge in [-0.25, -0.2) is 4.57 Å². The first-order valence-corrected chi connectivity index (χ1v) is 2.73. The standard InChI is InChI=1S/C7H8NO/c1-8-4-2-3-7(5-8)6-9/h2-6H,1H3/q+1. The minimum atomic E-state index is 0.708. The third kappa shape index (κ3) is 1.35. The van der Waals surface area contributed by atoms with Crippen LogP contribution >= 0.6 is 0 Å². The molecule has 0 saturated carbocycles. The van der Waals surface area contributed by atoms with Crippen molar-refractivity contribution < 1.29 is 9.36 Å². The van der Waals surface area contributed by atoms with Crippen molar-refractivity contribution in [2.24, 2.45) is 7.05 Å². The quantitative estimate of drug-likeness (QED) is 0.388. The Bertz CT molecular complexity index is 220. The van der Waals surface area contributed by atoms with Gasteiger partial charge in [0.1, 0.15) is 7.05 Å². The highest BCUT2D eigenvalue weighted by atomic mass is 16.1. The number of rotatable bonds is 1. The first-order valence-electron chi connectivity index (χ1n) is 2.73. The van der Waals surface area contributed by atoms with E-state index < -0.39 is 0 Å². The maximum Gasteiger partial charge on any atom is 0.179 e. The van der Waals surface area contributed by atoms with Crippen molar-refractivity contribution >= 4 is 6.29 Å². The Labute approximate surface area is 53.8 Å². The van der Waals surface area contributed by atoms with Crippen LogP contribution in [0, 0.1) is 0 Å². The van der Waals surface area contributed by atoms with Crippen LogP contribution in [0.4, 0.5) is 0 Å². The molecule has 0 N–H and O–H groups in total. The molecule has 46 valence electrons. The Balaban J connectivity index is 3.07. The predicted octanol–water partition coefficient (Wildman–Crippen LogP) is 0.324. The molecule has 0 atom stereocenters. The molecule has 1 aromatic heterocycles. The van der Waals surface area contributed by atoms with Gasteiger partial charge in [0.25, 0.3) is 0 Å². The van der Waals surface area contributed by atoms with Gasteiger partial charge in [0.2, 0.25) is 0 Å². The fraction of sp³-hybridized carbons (Fsp3) is 0.143. The lowest BCUT2D eigenvalue weighted by atomic mass is 10.3. The largest absolute Gasteiger partial charge is 0.298 e. The fourth-order valence-electron chi connectivity index (χ4n) is 0.681. The van der Waals surface area contributed by atoms with Crippen LogP contribution in [0.15, 0.2) is 24.5 Å². The molecule has 0 radical (unpaired) electrons. The summed E-state index contributed by atoms with van der Waals surface area (Å²) in [6.45, 7) is 0. The van der Waals surface area contributed by atoms with E-state index in [2.05, 4.69) is 0 Å². The zero-order valence-electron chi connectivity index (χ0n) is 5.24. The minimum Gasteiger partial charge on any atom is -0.298 e. The lowest BCUT2D eigenvalue weighted by molar-refractivity contribution is -0.671. The SMILES string of the molecule is C[n+]1cccc(C=O)c1. The van der Waals surface area contributed by atoms with Crippen LogP contribution < -0.4 is 4.57 Å². The van der Waals surface area contributed by atoms with Crippen LogP contribution in [0.2, 0.25) is 0 Å². The Morgan fingerprint density at radius 1 is 1.67 bits per heavy atom. The van der Waals surface area contributed by atoms with Crippen molar-refractivity contribution in [3.63, 3.8) is 0 Å². The minimum absolute atomic E-state index is 0.708. The van der Waals surface area contributed by atoms with E-state index in [-0.39, 0.29) is 0 Å². The van der Waals surface area contributed by atoms with Crippen LogP contribution in [0.1, 0.15) is 10.4 Å². The zero-order chi connectivity index (χ0) is 6.69. The molecule has 9 heavy (non-hydrogen) atoms. The average molecular weight is 122 g/mol. The van der Waals surface area contributed by atoms with Gasteiger partial charge in [0, 0.05) is 6.07 Å². The van der Waals surface area contributed by atoms with Gasteiger partial charge >= 0.3 is 0 Å². The third-order valence-corrected chi connectivity index (χ3v) is 1.10. The molecule has 0 bridgehead atoms. The Morgan fingerprint density at radius 2 is 2.44 bits per heavy atom. The molecular weight excluding hydrogens is 114 g/mol. The van der Waals surface area contributed by atoms with E-state index in [4.69, 9.17) is 0 Å². The summed E-state index contributed by atoms with van der Waals surface area (Å²) in [6, 6.07) is 3.61. The van der Waals surface area contributed by atoms with Gasteiger partial charge in [-0.15, -0.1) is 0 Å². The van der Waals surface area contributed by atoms with Crippen LogP contribution in [0.5, 0.6) is 0 Å². The lowest BCUT2D eigenvalue weighted by Crippen LogP contribution is -2.26. The first kappa shape index (κ1) is 5.95. The summed E-state index contributed by atoms with van der Waals surface area (Å²) in [7, 11) is 1.88. The summed E-state index contributed by atoms with van der Waals surface area (Å²) in [6.07, 6.45) is 4.49. The van der Waals surface area contributed by atoms with Gasteiger partial charge in [-0.2, -0.15) is 0 Å². The highest BCUT2D eigenvalue weighted by Crippen LogP contribution is 1.85. The summed E-state index contributed by atoms with van der Waals surface area (Å²) >= 11 is 0. The Hall–Kier alpha value is -1.18. The average Bonchev–Trinajstić information content (AvgIpc) is 1.88. The fourth-order valence-corrected chi connectivity index (χ4v) is 0.681. The molecule has 2 heteroatoms. The molecule has 0 aliphatic carbocycles. The van der Waals surface area contributed by atoms with Crippen molar-refractivity contribution in [2.75, 3.05) is 0 Å². The van der Waals surface area contributed by atoms with E-state index in [1.165, 1.54) is 0 Å². The molecule has 0 saturated heterocycles. The van der Waals surface area contributed by atoms with Gasteiger partial charge in [-0.1, -0.05) is 0 Å². The van der Waals surface area contributed by atoms with Gasteiger partial charge in [0.05, 0.1) is 5.56 Å². The smallest absolute Gasteiger partial charge is 0.179 e. The van der Waals surface area contributed by atoms with Crippen molar-refractivity contribution in [1.29, 1.82) is 0 Å². The Morgan fingerprint density at radius 3 is 2.89 bits per heavy atom. The van der Waals surface area contributed by atoms with Gasteiger partial charge in [0.15, 0.2) is 18.7 Å². The number of pyridine rings is 1. The van der Waals surface area contributed by atoms with Gasteiger partial charge < -0.3 is 0 Å². The van der Waals surface area contributed by atoms with Crippen LogP contribution in [-0.4, -0.2) is 6.29 Å². The molecule has 0 spiro atoms. The molecule has 2 nitrogen and oxygen atoms in total. The van der Waals surface area contributed by atoms with E-state index in [0.29, 0.717) is 5.56 Å². The molecule has 0 amide bonds. The topological polar surface area (TPSA) is 20.9 Å². The number of aldehydes is 1. The van der Waals surface area contributed by atoms with Crippen LogP contribution in [-0.2, 0) is 7.05 Å². The highest BCUT2D eigenvalue weighted by Gasteiger charge is 1.92. The summed E-state index contributed by atoms with van der Waals surface area (Å²) in [4.78, 5) is 10.1. The number of aryl methyl sites for hydroxylation is 1. The third-order valence-electron chi connectivity index (χ3n) is 1.10. The van der Waals surface area contributed by atoms with Crippen molar-refractivity contribution in [3.05, 3.63) is 30.1 Å².